The van der Waals surface area contributed by atoms with Crippen molar-refractivity contribution in [2.75, 3.05) is 19.6 Å². The predicted molar refractivity (Wildman–Crippen MR) is 112 cm³/mol. The molecular weight excluding hydrogens is 422 g/mol. The number of likely N-dealkylation sites (tertiary alicyclic amines) is 1. The molecule has 2 amide bonds. The minimum absolute atomic E-state index is 0.00556. The molecule has 0 aromatic carbocycles. The van der Waals surface area contributed by atoms with Gasteiger partial charge in [0, 0.05) is 41.1 Å². The second kappa shape index (κ2) is 7.19. The Labute approximate surface area is 184 Å². The molecule has 4 aliphatic heterocycles. The van der Waals surface area contributed by atoms with Crippen LogP contribution in [0.3, 0.4) is 0 Å². The summed E-state index contributed by atoms with van der Waals surface area (Å²) in [4.78, 5) is 41.1. The Morgan fingerprint density at radius 2 is 2.03 bits per heavy atom. The van der Waals surface area contributed by atoms with Gasteiger partial charge in [-0.1, -0.05) is 6.92 Å². The number of aliphatic hydroxyl groups excluding tert-OH is 2. The first-order valence-corrected chi connectivity index (χ1v) is 11.9. The van der Waals surface area contributed by atoms with Crippen molar-refractivity contribution in [1.82, 2.24) is 15.1 Å². The van der Waals surface area contributed by atoms with E-state index in [4.69, 9.17) is 0 Å². The van der Waals surface area contributed by atoms with Gasteiger partial charge in [-0.3, -0.25) is 9.59 Å². The topological polar surface area (TPSA) is 130 Å². The van der Waals surface area contributed by atoms with Gasteiger partial charge >= 0.3 is 5.97 Å². The molecule has 5 rings (SSSR count). The second-order valence-electron chi connectivity index (χ2n) is 9.81. The number of rotatable bonds is 5. The van der Waals surface area contributed by atoms with Gasteiger partial charge in [-0.25, -0.2) is 4.79 Å². The number of nitrogens with zero attached hydrogens (tertiary/aromatic N) is 2. The van der Waals surface area contributed by atoms with Crippen LogP contribution in [0, 0.1) is 17.3 Å². The molecule has 10 heteroatoms. The summed E-state index contributed by atoms with van der Waals surface area (Å²) < 4.78 is 0. The van der Waals surface area contributed by atoms with E-state index >= 15 is 0 Å². The van der Waals surface area contributed by atoms with Crippen molar-refractivity contribution >= 4 is 29.5 Å². The summed E-state index contributed by atoms with van der Waals surface area (Å²) in [6.07, 6.45) is 1.26. The SMILES string of the molecule is C[C@@H](O)C1C(=O)N2C(C(=O)O)=C(S[C@@H]3CNC(C(=O)N4CC(O)C5(CC5)C4)C3)[C@H](C)C12. The van der Waals surface area contributed by atoms with Crippen LogP contribution in [-0.4, -0.2) is 92.1 Å². The fraction of sp³-hybridized carbons (Fsp3) is 0.762. The quantitative estimate of drug-likeness (QED) is 0.415. The van der Waals surface area contributed by atoms with Crippen LogP contribution in [0.15, 0.2) is 10.6 Å². The largest absolute Gasteiger partial charge is 0.477 e. The minimum Gasteiger partial charge on any atom is -0.477 e. The van der Waals surface area contributed by atoms with Gasteiger partial charge in [-0.15, -0.1) is 11.8 Å². The fourth-order valence-corrected chi connectivity index (χ4v) is 7.31. The Morgan fingerprint density at radius 3 is 2.61 bits per heavy atom. The number of β-lactam (4-membered cyclic amide) rings is 1. The van der Waals surface area contributed by atoms with Crippen molar-refractivity contribution in [2.24, 2.45) is 17.3 Å². The van der Waals surface area contributed by atoms with Crippen LogP contribution in [0.1, 0.15) is 33.1 Å². The van der Waals surface area contributed by atoms with Gasteiger partial charge in [0.1, 0.15) is 5.70 Å². The molecule has 5 aliphatic rings. The smallest absolute Gasteiger partial charge is 0.353 e. The third kappa shape index (κ3) is 3.13. The molecule has 0 bridgehead atoms. The lowest BCUT2D eigenvalue weighted by molar-refractivity contribution is -0.163. The molecule has 0 aromatic heterocycles. The van der Waals surface area contributed by atoms with Gasteiger partial charge in [-0.05, 0) is 26.2 Å². The number of aliphatic carboxylic acids is 1. The molecule has 7 atom stereocenters. The predicted octanol–water partition coefficient (Wildman–Crippen LogP) is -0.413. The number of hydrogen-bond donors (Lipinski definition) is 4. The molecule has 3 saturated heterocycles. The number of carbonyl (C=O) groups is 3. The Bertz CT molecular complexity index is 871. The first kappa shape index (κ1) is 21.2. The van der Waals surface area contributed by atoms with Gasteiger partial charge in [0.05, 0.1) is 30.2 Å². The van der Waals surface area contributed by atoms with Crippen LogP contribution < -0.4 is 5.32 Å². The maximum absolute atomic E-state index is 13.0. The van der Waals surface area contributed by atoms with E-state index in [-0.39, 0.29) is 46.2 Å². The Kier molecular flexibility index (Phi) is 4.93. The first-order valence-electron chi connectivity index (χ1n) is 11.0. The van der Waals surface area contributed by atoms with Crippen LogP contribution in [0.25, 0.3) is 0 Å². The van der Waals surface area contributed by atoms with Crippen molar-refractivity contribution in [1.29, 1.82) is 0 Å². The maximum atomic E-state index is 13.0. The van der Waals surface area contributed by atoms with Crippen molar-refractivity contribution < 1.29 is 29.7 Å². The van der Waals surface area contributed by atoms with Gasteiger partial charge in [0.15, 0.2) is 0 Å². The highest BCUT2D eigenvalue weighted by Crippen LogP contribution is 2.53. The molecule has 0 aromatic rings. The molecule has 170 valence electrons. The summed E-state index contributed by atoms with van der Waals surface area (Å²) in [6, 6.07) is -0.665. The molecule has 1 aliphatic carbocycles. The number of fused-ring (bicyclic) bond motifs is 1. The molecule has 1 saturated carbocycles. The molecule has 4 heterocycles. The third-order valence-electron chi connectivity index (χ3n) is 7.80. The van der Waals surface area contributed by atoms with E-state index < -0.39 is 24.1 Å². The average Bonchev–Trinajstić information content (AvgIpc) is 3.09. The zero-order valence-electron chi connectivity index (χ0n) is 17.7. The molecule has 4 N–H and O–H groups in total. The van der Waals surface area contributed by atoms with Crippen LogP contribution in [-0.2, 0) is 14.4 Å². The summed E-state index contributed by atoms with van der Waals surface area (Å²) in [5, 5.41) is 33.3. The average molecular weight is 452 g/mol. The molecule has 1 spiro atoms. The van der Waals surface area contributed by atoms with E-state index in [2.05, 4.69) is 5.32 Å². The number of carbonyl (C=O) groups excluding carboxylic acids is 2. The van der Waals surface area contributed by atoms with E-state index in [0.29, 0.717) is 31.0 Å². The van der Waals surface area contributed by atoms with E-state index in [1.165, 1.54) is 16.7 Å². The fourth-order valence-electron chi connectivity index (χ4n) is 5.83. The molecule has 9 nitrogen and oxygen atoms in total. The van der Waals surface area contributed by atoms with Crippen molar-refractivity contribution in [2.45, 2.75) is 62.7 Å². The maximum Gasteiger partial charge on any atom is 0.353 e. The highest BCUT2D eigenvalue weighted by molar-refractivity contribution is 8.03. The lowest BCUT2D eigenvalue weighted by atomic mass is 9.79. The van der Waals surface area contributed by atoms with E-state index in [9.17, 15) is 29.7 Å². The molecule has 4 fully saturated rings. The first-order chi connectivity index (χ1) is 14.6. The van der Waals surface area contributed by atoms with Gasteiger partial charge < -0.3 is 30.4 Å². The number of aliphatic hydroxyl groups is 2. The number of β-amino-alcohol motifs (C(OH)–C–C–N with tert-alkyl or cyclic N) is 1. The van der Waals surface area contributed by atoms with Gasteiger partial charge in [0.25, 0.3) is 0 Å². The second-order valence-corrected chi connectivity index (χ2v) is 11.1. The van der Waals surface area contributed by atoms with Crippen LogP contribution in [0.5, 0.6) is 0 Å². The van der Waals surface area contributed by atoms with Crippen molar-refractivity contribution in [3.05, 3.63) is 10.6 Å². The Hall–Kier alpha value is -1.62. The number of nitrogens with one attached hydrogen (secondary N) is 1. The Balaban J connectivity index is 1.27. The number of carboxylic acids is 1. The molecule has 4 unspecified atom stereocenters. The minimum atomic E-state index is -1.13. The van der Waals surface area contributed by atoms with E-state index in [0.717, 1.165) is 12.8 Å². The monoisotopic (exact) mass is 451 g/mol. The molecule has 31 heavy (non-hydrogen) atoms. The normalized spacial score (nSPS) is 39.2. The van der Waals surface area contributed by atoms with Crippen molar-refractivity contribution in [3.8, 4) is 0 Å². The zero-order valence-corrected chi connectivity index (χ0v) is 18.5. The summed E-state index contributed by atoms with van der Waals surface area (Å²) in [5.74, 6) is -2.21. The van der Waals surface area contributed by atoms with Crippen molar-refractivity contribution in [3.63, 3.8) is 0 Å². The summed E-state index contributed by atoms with van der Waals surface area (Å²) in [6.45, 7) is 5.05. The third-order valence-corrected chi connectivity index (χ3v) is 9.31. The zero-order chi connectivity index (χ0) is 22.2. The van der Waals surface area contributed by atoms with Crippen LogP contribution in [0.2, 0.25) is 0 Å². The van der Waals surface area contributed by atoms with E-state index in [1.807, 2.05) is 6.92 Å². The number of hydrogen-bond acceptors (Lipinski definition) is 7. The molecular formula is C21H29N3O6S. The Morgan fingerprint density at radius 1 is 1.32 bits per heavy atom. The lowest BCUT2D eigenvalue weighted by Gasteiger charge is -2.46. The van der Waals surface area contributed by atoms with Crippen LogP contribution >= 0.6 is 11.8 Å². The van der Waals surface area contributed by atoms with Gasteiger partial charge in [-0.2, -0.15) is 0 Å². The van der Waals surface area contributed by atoms with Gasteiger partial charge in [0.2, 0.25) is 11.8 Å². The summed E-state index contributed by atoms with van der Waals surface area (Å²) in [7, 11) is 0. The standard InChI is InChI=1S/C21H29N3O6S/c1-9-15-14(10(2)25)19(28)24(15)16(20(29)30)17(9)31-11-5-12(22-6-11)18(27)23-7-13(26)21(8-23)3-4-21/h9-15,22,25-26H,3-8H2,1-2H3,(H,29,30)/t9-,10-,11+,12?,13?,14?,15?/m1/s1. The highest BCUT2D eigenvalue weighted by Gasteiger charge is 2.60. The number of carboxylic acid groups (broad SMARTS) is 1. The number of amides is 2. The summed E-state index contributed by atoms with van der Waals surface area (Å²) in [5.41, 5.74) is -0.0543. The number of thioether (sulfide) groups is 1. The van der Waals surface area contributed by atoms with E-state index in [1.54, 1.807) is 11.8 Å². The highest BCUT2D eigenvalue weighted by atomic mass is 32.2. The lowest BCUT2D eigenvalue weighted by Crippen LogP contribution is -2.63. The molecule has 0 radical (unpaired) electrons. The summed E-state index contributed by atoms with van der Waals surface area (Å²) >= 11 is 1.44. The van der Waals surface area contributed by atoms with Crippen LogP contribution in [0.4, 0.5) is 0 Å².